The summed E-state index contributed by atoms with van der Waals surface area (Å²) in [6.45, 7) is 0.183. The number of primary amides is 1. The molecule has 0 radical (unpaired) electrons. The van der Waals surface area contributed by atoms with Crippen LogP contribution in [0.2, 0.25) is 0 Å². The van der Waals surface area contributed by atoms with Crippen LogP contribution in [0.4, 0.5) is 4.39 Å². The normalized spacial score (nSPS) is 10.1. The number of carbonyl (C=O) groups excluding carboxylic acids is 1. The lowest BCUT2D eigenvalue weighted by molar-refractivity contribution is 0.1000. The van der Waals surface area contributed by atoms with Gasteiger partial charge in [0.2, 0.25) is 5.91 Å². The number of carbonyl (C=O) groups is 1. The number of hydrogen-bond acceptors (Lipinski definition) is 3. The quantitative estimate of drug-likeness (QED) is 0.830. The van der Waals surface area contributed by atoms with E-state index in [2.05, 4.69) is 0 Å². The van der Waals surface area contributed by atoms with Gasteiger partial charge in [-0.2, -0.15) is 0 Å². The highest BCUT2D eigenvalue weighted by atomic mass is 32.1. The van der Waals surface area contributed by atoms with Crippen molar-refractivity contribution in [3.63, 3.8) is 0 Å². The van der Waals surface area contributed by atoms with E-state index in [-0.39, 0.29) is 11.6 Å². The zero-order valence-electron chi connectivity index (χ0n) is 11.0. The number of benzene rings is 2. The SMILES string of the molecule is NC(=O)c1ccc(OCc2ccc(F)cc2C(N)=S)cc1. The second kappa shape index (κ2) is 6.32. The van der Waals surface area contributed by atoms with Crippen molar-refractivity contribution < 1.29 is 13.9 Å². The van der Waals surface area contributed by atoms with Gasteiger partial charge in [0.25, 0.3) is 0 Å². The van der Waals surface area contributed by atoms with Crippen LogP contribution in [-0.2, 0) is 6.61 Å². The molecule has 1 amide bonds. The van der Waals surface area contributed by atoms with E-state index in [0.29, 0.717) is 22.4 Å². The van der Waals surface area contributed by atoms with Gasteiger partial charge in [-0.3, -0.25) is 4.79 Å². The molecule has 6 heteroatoms. The van der Waals surface area contributed by atoms with E-state index >= 15 is 0 Å². The van der Waals surface area contributed by atoms with E-state index in [0.717, 1.165) is 0 Å². The highest BCUT2D eigenvalue weighted by molar-refractivity contribution is 7.80. The van der Waals surface area contributed by atoms with Gasteiger partial charge in [-0.25, -0.2) is 4.39 Å². The summed E-state index contributed by atoms with van der Waals surface area (Å²) in [5, 5.41) is 0. The van der Waals surface area contributed by atoms with Crippen molar-refractivity contribution in [3.05, 3.63) is 65.0 Å². The number of ether oxygens (including phenoxy) is 1. The standard InChI is InChI=1S/C15H13FN2O2S/c16-11-4-1-10(13(7-11)15(18)21)8-20-12-5-2-9(3-6-12)14(17)19/h1-7H,8H2,(H2,17,19)(H2,18,21). The van der Waals surface area contributed by atoms with Gasteiger partial charge in [-0.05, 0) is 42.0 Å². The molecule has 0 saturated heterocycles. The number of amides is 1. The molecule has 4 nitrogen and oxygen atoms in total. The summed E-state index contributed by atoms with van der Waals surface area (Å²) in [4.78, 5) is 11.1. The number of nitrogens with two attached hydrogens (primary N) is 2. The number of thiocarbonyl (C=S) groups is 1. The molecule has 2 aromatic rings. The molecule has 0 fully saturated rings. The van der Waals surface area contributed by atoms with E-state index in [4.69, 9.17) is 28.4 Å². The number of halogens is 1. The van der Waals surface area contributed by atoms with Crippen molar-refractivity contribution >= 4 is 23.1 Å². The van der Waals surface area contributed by atoms with Crippen molar-refractivity contribution in [2.75, 3.05) is 0 Å². The molecular formula is C15H13FN2O2S. The van der Waals surface area contributed by atoms with E-state index in [9.17, 15) is 9.18 Å². The highest BCUT2D eigenvalue weighted by Gasteiger charge is 2.08. The average Bonchev–Trinajstić information content (AvgIpc) is 2.46. The second-order valence-electron chi connectivity index (χ2n) is 4.34. The van der Waals surface area contributed by atoms with Crippen molar-refractivity contribution in [1.29, 1.82) is 0 Å². The molecule has 2 rings (SSSR count). The molecule has 0 aliphatic heterocycles. The first-order valence-electron chi connectivity index (χ1n) is 6.08. The first-order valence-corrected chi connectivity index (χ1v) is 6.49. The third kappa shape index (κ3) is 3.76. The van der Waals surface area contributed by atoms with E-state index in [1.54, 1.807) is 30.3 Å². The summed E-state index contributed by atoms with van der Waals surface area (Å²) in [5.74, 6) is -0.360. The van der Waals surface area contributed by atoms with Gasteiger partial charge in [-0.1, -0.05) is 18.3 Å². The minimum atomic E-state index is -0.504. The lowest BCUT2D eigenvalue weighted by Crippen LogP contribution is -2.14. The Hall–Kier alpha value is -2.47. The van der Waals surface area contributed by atoms with Gasteiger partial charge in [0.05, 0.1) is 0 Å². The fraction of sp³-hybridized carbons (Fsp3) is 0.0667. The maximum Gasteiger partial charge on any atom is 0.248 e. The number of rotatable bonds is 5. The lowest BCUT2D eigenvalue weighted by Gasteiger charge is -2.10. The molecule has 0 aliphatic rings. The smallest absolute Gasteiger partial charge is 0.248 e. The van der Waals surface area contributed by atoms with Crippen LogP contribution in [0.5, 0.6) is 5.75 Å². The summed E-state index contributed by atoms with van der Waals surface area (Å²) in [6.07, 6.45) is 0. The summed E-state index contributed by atoms with van der Waals surface area (Å²) in [5.41, 5.74) is 12.2. The molecule has 0 bridgehead atoms. The van der Waals surface area contributed by atoms with Gasteiger partial charge >= 0.3 is 0 Å². The van der Waals surface area contributed by atoms with E-state index < -0.39 is 11.7 Å². The predicted molar refractivity (Wildman–Crippen MR) is 81.6 cm³/mol. The van der Waals surface area contributed by atoms with Gasteiger partial charge in [0.1, 0.15) is 23.2 Å². The van der Waals surface area contributed by atoms with Crippen LogP contribution >= 0.6 is 12.2 Å². The van der Waals surface area contributed by atoms with Crippen molar-refractivity contribution in [2.24, 2.45) is 11.5 Å². The predicted octanol–water partition coefficient (Wildman–Crippen LogP) is 2.14. The van der Waals surface area contributed by atoms with Crippen LogP contribution in [0, 0.1) is 5.82 Å². The van der Waals surface area contributed by atoms with Crippen LogP contribution < -0.4 is 16.2 Å². The Labute approximate surface area is 126 Å². The summed E-state index contributed by atoms with van der Waals surface area (Å²) in [6, 6.07) is 10.6. The van der Waals surface area contributed by atoms with Gasteiger partial charge < -0.3 is 16.2 Å². The maximum atomic E-state index is 13.2. The molecule has 108 valence electrons. The third-order valence-electron chi connectivity index (χ3n) is 2.87. The van der Waals surface area contributed by atoms with Crippen LogP contribution in [0.1, 0.15) is 21.5 Å². The Kier molecular flexibility index (Phi) is 4.49. The molecule has 0 heterocycles. The number of hydrogen-bond donors (Lipinski definition) is 2. The Balaban J connectivity index is 2.13. The molecule has 2 aromatic carbocycles. The summed E-state index contributed by atoms with van der Waals surface area (Å²) >= 11 is 4.89. The van der Waals surface area contributed by atoms with Gasteiger partial charge in [0.15, 0.2) is 0 Å². The average molecular weight is 304 g/mol. The zero-order chi connectivity index (χ0) is 15.4. The summed E-state index contributed by atoms with van der Waals surface area (Å²) in [7, 11) is 0. The Morgan fingerprint density at radius 3 is 2.38 bits per heavy atom. The van der Waals surface area contributed by atoms with Gasteiger partial charge in [-0.15, -0.1) is 0 Å². The van der Waals surface area contributed by atoms with Crippen LogP contribution in [0.3, 0.4) is 0 Å². The Morgan fingerprint density at radius 2 is 1.81 bits per heavy atom. The summed E-state index contributed by atoms with van der Waals surface area (Å²) < 4.78 is 18.8. The fourth-order valence-corrected chi connectivity index (χ4v) is 1.97. The van der Waals surface area contributed by atoms with Crippen molar-refractivity contribution in [2.45, 2.75) is 6.61 Å². The van der Waals surface area contributed by atoms with Crippen LogP contribution in [0.25, 0.3) is 0 Å². The molecule has 21 heavy (non-hydrogen) atoms. The largest absolute Gasteiger partial charge is 0.489 e. The fourth-order valence-electron chi connectivity index (χ4n) is 1.78. The molecule has 0 aromatic heterocycles. The molecular weight excluding hydrogens is 291 g/mol. The van der Waals surface area contributed by atoms with Gasteiger partial charge in [0, 0.05) is 11.1 Å². The van der Waals surface area contributed by atoms with E-state index in [1.807, 2.05) is 0 Å². The first-order chi connectivity index (χ1) is 9.97. The molecule has 4 N–H and O–H groups in total. The molecule has 0 aliphatic carbocycles. The zero-order valence-corrected chi connectivity index (χ0v) is 11.8. The lowest BCUT2D eigenvalue weighted by atomic mass is 10.1. The Morgan fingerprint density at radius 1 is 1.14 bits per heavy atom. The molecule has 0 spiro atoms. The van der Waals surface area contributed by atoms with Crippen LogP contribution in [0.15, 0.2) is 42.5 Å². The topological polar surface area (TPSA) is 78.3 Å². The monoisotopic (exact) mass is 304 g/mol. The van der Waals surface area contributed by atoms with Crippen molar-refractivity contribution in [1.82, 2.24) is 0 Å². The molecule has 0 unspecified atom stereocenters. The molecule has 0 saturated carbocycles. The van der Waals surface area contributed by atoms with Crippen molar-refractivity contribution in [3.8, 4) is 5.75 Å². The third-order valence-corrected chi connectivity index (χ3v) is 3.09. The van der Waals surface area contributed by atoms with Crippen LogP contribution in [-0.4, -0.2) is 10.9 Å². The minimum absolute atomic E-state index is 0.108. The first kappa shape index (κ1) is 14.9. The molecule has 0 atom stereocenters. The minimum Gasteiger partial charge on any atom is -0.489 e. The Bertz CT molecular complexity index is 687. The maximum absolute atomic E-state index is 13.2. The van der Waals surface area contributed by atoms with E-state index in [1.165, 1.54) is 12.1 Å². The second-order valence-corrected chi connectivity index (χ2v) is 4.78. The highest BCUT2D eigenvalue weighted by Crippen LogP contribution is 2.17.